The SMILES string of the molecule is O=C(NCc1ccccc1)C(=Cc1ccc(Cl)cc1)c1nc2ccccc2[nH]1. The number of H-pyrrole nitrogens is 1. The molecule has 0 unspecified atom stereocenters. The summed E-state index contributed by atoms with van der Waals surface area (Å²) in [6, 6.07) is 24.8. The number of aromatic nitrogens is 2. The molecule has 0 saturated carbocycles. The predicted molar refractivity (Wildman–Crippen MR) is 114 cm³/mol. The summed E-state index contributed by atoms with van der Waals surface area (Å²) >= 11 is 5.98. The molecule has 0 aliphatic rings. The number of nitrogens with one attached hydrogen (secondary N) is 2. The first kappa shape index (κ1) is 18.0. The van der Waals surface area contributed by atoms with E-state index in [1.807, 2.05) is 72.8 Å². The first-order valence-corrected chi connectivity index (χ1v) is 9.31. The molecule has 0 bridgehead atoms. The molecule has 1 heterocycles. The van der Waals surface area contributed by atoms with Gasteiger partial charge in [-0.1, -0.05) is 66.2 Å². The quantitative estimate of drug-likeness (QED) is 0.469. The summed E-state index contributed by atoms with van der Waals surface area (Å²) in [5, 5.41) is 3.63. The number of halogens is 1. The van der Waals surface area contributed by atoms with Crippen LogP contribution in [0.3, 0.4) is 0 Å². The molecule has 1 amide bonds. The Bertz CT molecular complexity index is 1100. The highest BCUT2D eigenvalue weighted by atomic mass is 35.5. The highest BCUT2D eigenvalue weighted by Gasteiger charge is 2.16. The highest BCUT2D eigenvalue weighted by molar-refractivity contribution is 6.30. The van der Waals surface area contributed by atoms with Crippen molar-refractivity contribution in [3.8, 4) is 0 Å². The Hall–Kier alpha value is -3.37. The maximum absolute atomic E-state index is 13.0. The van der Waals surface area contributed by atoms with Gasteiger partial charge in [0.05, 0.1) is 16.6 Å². The summed E-state index contributed by atoms with van der Waals surface area (Å²) in [5.41, 5.74) is 4.07. The number of carbonyl (C=O) groups is 1. The summed E-state index contributed by atoms with van der Waals surface area (Å²) in [6.45, 7) is 0.442. The number of hydrogen-bond acceptors (Lipinski definition) is 2. The zero-order valence-electron chi connectivity index (χ0n) is 15.0. The number of imidazole rings is 1. The minimum Gasteiger partial charge on any atom is -0.348 e. The van der Waals surface area contributed by atoms with Crippen LogP contribution < -0.4 is 5.32 Å². The molecule has 1 aromatic heterocycles. The van der Waals surface area contributed by atoms with Gasteiger partial charge >= 0.3 is 0 Å². The van der Waals surface area contributed by atoms with Gasteiger partial charge in [-0.25, -0.2) is 4.98 Å². The Morgan fingerprint density at radius 2 is 1.68 bits per heavy atom. The fourth-order valence-electron chi connectivity index (χ4n) is 2.92. The smallest absolute Gasteiger partial charge is 0.255 e. The van der Waals surface area contributed by atoms with E-state index in [0.717, 1.165) is 22.2 Å². The molecule has 0 spiro atoms. The van der Waals surface area contributed by atoms with Crippen molar-refractivity contribution in [2.24, 2.45) is 0 Å². The molecule has 4 aromatic rings. The van der Waals surface area contributed by atoms with Crippen LogP contribution in [0.1, 0.15) is 17.0 Å². The molecule has 28 heavy (non-hydrogen) atoms. The Morgan fingerprint density at radius 3 is 2.43 bits per heavy atom. The second-order valence-electron chi connectivity index (χ2n) is 6.38. The number of benzene rings is 3. The van der Waals surface area contributed by atoms with Gasteiger partial charge in [-0.15, -0.1) is 0 Å². The third kappa shape index (κ3) is 4.13. The van der Waals surface area contributed by atoms with Crippen molar-refractivity contribution in [3.05, 3.63) is 101 Å². The van der Waals surface area contributed by atoms with E-state index in [2.05, 4.69) is 15.3 Å². The molecule has 0 saturated heterocycles. The molecule has 4 nitrogen and oxygen atoms in total. The Balaban J connectivity index is 1.68. The Labute approximate surface area is 167 Å². The lowest BCUT2D eigenvalue weighted by atomic mass is 10.1. The molecule has 0 aliphatic carbocycles. The number of nitrogens with zero attached hydrogens (tertiary/aromatic N) is 1. The van der Waals surface area contributed by atoms with Crippen molar-refractivity contribution in [3.63, 3.8) is 0 Å². The summed E-state index contributed by atoms with van der Waals surface area (Å²) < 4.78 is 0. The van der Waals surface area contributed by atoms with E-state index in [0.29, 0.717) is 23.0 Å². The molecule has 0 atom stereocenters. The van der Waals surface area contributed by atoms with Crippen molar-refractivity contribution in [2.45, 2.75) is 6.54 Å². The minimum absolute atomic E-state index is 0.196. The minimum atomic E-state index is -0.196. The summed E-state index contributed by atoms with van der Waals surface area (Å²) in [5.74, 6) is 0.333. The predicted octanol–water partition coefficient (Wildman–Crippen LogP) is 5.07. The zero-order chi connectivity index (χ0) is 19.3. The first-order valence-electron chi connectivity index (χ1n) is 8.93. The van der Waals surface area contributed by atoms with Gasteiger partial charge in [-0.2, -0.15) is 0 Å². The number of para-hydroxylation sites is 2. The van der Waals surface area contributed by atoms with E-state index < -0.39 is 0 Å². The molecule has 2 N–H and O–H groups in total. The molecule has 0 radical (unpaired) electrons. The number of aromatic amines is 1. The Morgan fingerprint density at radius 1 is 0.964 bits per heavy atom. The van der Waals surface area contributed by atoms with E-state index in [1.165, 1.54) is 0 Å². The Kier molecular flexibility index (Phi) is 5.22. The molecule has 4 rings (SSSR count). The molecule has 3 aromatic carbocycles. The van der Waals surface area contributed by atoms with Crippen LogP contribution in [0.15, 0.2) is 78.9 Å². The topological polar surface area (TPSA) is 57.8 Å². The van der Waals surface area contributed by atoms with E-state index >= 15 is 0 Å². The largest absolute Gasteiger partial charge is 0.348 e. The van der Waals surface area contributed by atoms with E-state index in [9.17, 15) is 4.79 Å². The van der Waals surface area contributed by atoms with Gasteiger partial charge in [0.15, 0.2) is 0 Å². The van der Waals surface area contributed by atoms with E-state index in [1.54, 1.807) is 12.1 Å². The first-order chi connectivity index (χ1) is 13.7. The van der Waals surface area contributed by atoms with Gasteiger partial charge < -0.3 is 10.3 Å². The van der Waals surface area contributed by atoms with Gasteiger partial charge in [0.2, 0.25) is 0 Å². The van der Waals surface area contributed by atoms with Gasteiger partial charge in [0, 0.05) is 11.6 Å². The lowest BCUT2D eigenvalue weighted by Gasteiger charge is -2.08. The van der Waals surface area contributed by atoms with Gasteiger partial charge in [-0.3, -0.25) is 4.79 Å². The van der Waals surface area contributed by atoms with Gasteiger partial charge in [0.1, 0.15) is 5.82 Å². The van der Waals surface area contributed by atoms with Crippen molar-refractivity contribution in [1.82, 2.24) is 15.3 Å². The molecule has 138 valence electrons. The van der Waals surface area contributed by atoms with Gasteiger partial charge in [-0.05, 0) is 41.5 Å². The van der Waals surface area contributed by atoms with E-state index in [-0.39, 0.29) is 5.91 Å². The third-order valence-electron chi connectivity index (χ3n) is 4.37. The normalized spacial score (nSPS) is 11.5. The molecule has 5 heteroatoms. The molecule has 0 fully saturated rings. The monoisotopic (exact) mass is 387 g/mol. The van der Waals surface area contributed by atoms with Crippen LogP contribution in [0.5, 0.6) is 0 Å². The van der Waals surface area contributed by atoms with Crippen molar-refractivity contribution in [2.75, 3.05) is 0 Å². The summed E-state index contributed by atoms with van der Waals surface area (Å²) in [4.78, 5) is 20.8. The standard InChI is InChI=1S/C23H18ClN3O/c24-18-12-10-16(11-13-18)14-19(22-26-20-8-4-5-9-21(20)27-22)23(28)25-15-17-6-2-1-3-7-17/h1-14H,15H2,(H,25,28)(H,26,27). The number of hydrogen-bond donors (Lipinski definition) is 2. The van der Waals surface area contributed by atoms with Crippen molar-refractivity contribution in [1.29, 1.82) is 0 Å². The van der Waals surface area contributed by atoms with Crippen LogP contribution >= 0.6 is 11.6 Å². The highest BCUT2D eigenvalue weighted by Crippen LogP contribution is 2.21. The van der Waals surface area contributed by atoms with Crippen LogP contribution in [0.25, 0.3) is 22.7 Å². The average molecular weight is 388 g/mol. The molecule has 0 aliphatic heterocycles. The number of carbonyl (C=O) groups excluding carboxylic acids is 1. The van der Waals surface area contributed by atoms with Crippen LogP contribution in [0.4, 0.5) is 0 Å². The second kappa shape index (κ2) is 8.11. The number of fused-ring (bicyclic) bond motifs is 1. The van der Waals surface area contributed by atoms with Gasteiger partial charge in [0.25, 0.3) is 5.91 Å². The molecular weight excluding hydrogens is 370 g/mol. The van der Waals surface area contributed by atoms with Crippen LogP contribution in [0.2, 0.25) is 5.02 Å². The van der Waals surface area contributed by atoms with Crippen LogP contribution in [-0.2, 0) is 11.3 Å². The number of amides is 1. The van der Waals surface area contributed by atoms with E-state index in [4.69, 9.17) is 11.6 Å². The lowest BCUT2D eigenvalue weighted by Crippen LogP contribution is -2.24. The lowest BCUT2D eigenvalue weighted by molar-refractivity contribution is -0.115. The molecular formula is C23H18ClN3O. The van der Waals surface area contributed by atoms with Crippen molar-refractivity contribution < 1.29 is 4.79 Å². The van der Waals surface area contributed by atoms with Crippen molar-refractivity contribution >= 4 is 40.2 Å². The third-order valence-corrected chi connectivity index (χ3v) is 4.62. The maximum atomic E-state index is 13.0. The number of rotatable bonds is 5. The average Bonchev–Trinajstić information content (AvgIpc) is 3.16. The zero-order valence-corrected chi connectivity index (χ0v) is 15.8. The summed E-state index contributed by atoms with van der Waals surface area (Å²) in [6.07, 6.45) is 1.81. The van der Waals surface area contributed by atoms with Crippen LogP contribution in [-0.4, -0.2) is 15.9 Å². The fraction of sp³-hybridized carbons (Fsp3) is 0.0435. The second-order valence-corrected chi connectivity index (χ2v) is 6.82. The maximum Gasteiger partial charge on any atom is 0.255 e. The van der Waals surface area contributed by atoms with Crippen LogP contribution in [0, 0.1) is 0 Å². The summed E-state index contributed by atoms with van der Waals surface area (Å²) in [7, 11) is 0. The fourth-order valence-corrected chi connectivity index (χ4v) is 3.05.